The predicted molar refractivity (Wildman–Crippen MR) is 116 cm³/mol. The van der Waals surface area contributed by atoms with Crippen molar-refractivity contribution in [1.29, 1.82) is 0 Å². The third-order valence-corrected chi connectivity index (χ3v) is 4.79. The van der Waals surface area contributed by atoms with Crippen LogP contribution in [0.1, 0.15) is 24.8 Å². The molecule has 148 valence electrons. The van der Waals surface area contributed by atoms with E-state index in [4.69, 9.17) is 4.74 Å². The molecule has 1 aromatic carbocycles. The predicted octanol–water partition coefficient (Wildman–Crippen LogP) is 2.61. The van der Waals surface area contributed by atoms with Crippen LogP contribution in [0.4, 0.5) is 4.39 Å². The highest BCUT2D eigenvalue weighted by molar-refractivity contribution is 14.0. The van der Waals surface area contributed by atoms with Crippen molar-refractivity contribution in [3.05, 3.63) is 35.6 Å². The van der Waals surface area contributed by atoms with E-state index in [2.05, 4.69) is 27.6 Å². The topological polar surface area (TPSA) is 48.9 Å². The maximum Gasteiger partial charge on any atom is 0.191 e. The van der Waals surface area contributed by atoms with Crippen molar-refractivity contribution in [3.63, 3.8) is 0 Å². The monoisotopic (exact) mass is 478 g/mol. The summed E-state index contributed by atoms with van der Waals surface area (Å²) < 4.78 is 19.1. The molecule has 1 aromatic rings. The van der Waals surface area contributed by atoms with Crippen molar-refractivity contribution < 1.29 is 9.13 Å². The van der Waals surface area contributed by atoms with Crippen LogP contribution in [0, 0.1) is 5.82 Å². The minimum atomic E-state index is -0.109. The van der Waals surface area contributed by atoms with Gasteiger partial charge in [0.1, 0.15) is 5.82 Å². The molecular formula is C19H32FIN4O. The minimum absolute atomic E-state index is 0. The summed E-state index contributed by atoms with van der Waals surface area (Å²) in [5, 5.41) is 6.69. The summed E-state index contributed by atoms with van der Waals surface area (Å²) in [7, 11) is 5.59. The molecule has 0 unspecified atom stereocenters. The maximum atomic E-state index is 14.1. The van der Waals surface area contributed by atoms with Gasteiger partial charge in [0.15, 0.2) is 5.96 Å². The van der Waals surface area contributed by atoms with Gasteiger partial charge in [-0.1, -0.05) is 18.2 Å². The van der Waals surface area contributed by atoms with Gasteiger partial charge < -0.3 is 20.3 Å². The number of halogens is 2. The fourth-order valence-corrected chi connectivity index (χ4v) is 3.01. The molecule has 5 nitrogen and oxygen atoms in total. The van der Waals surface area contributed by atoms with E-state index in [-0.39, 0.29) is 35.2 Å². The standard InChI is InChI=1S/C19H31FN4O.HI/c1-21-18(22-11-13-24(2)12-6-14-25-3)23-15-19(9-10-19)16-7-4-5-8-17(16)20;/h4-5,7-8H,6,9-15H2,1-3H3,(H2,21,22,23);1H. The first-order valence-electron chi connectivity index (χ1n) is 8.98. The van der Waals surface area contributed by atoms with Gasteiger partial charge in [-0.15, -0.1) is 24.0 Å². The lowest BCUT2D eigenvalue weighted by Crippen LogP contribution is -2.43. The average molecular weight is 478 g/mol. The zero-order valence-corrected chi connectivity index (χ0v) is 18.4. The molecule has 0 amide bonds. The van der Waals surface area contributed by atoms with E-state index < -0.39 is 0 Å². The molecule has 0 spiro atoms. The number of hydrogen-bond acceptors (Lipinski definition) is 3. The smallest absolute Gasteiger partial charge is 0.191 e. The lowest BCUT2D eigenvalue weighted by molar-refractivity contribution is 0.180. The van der Waals surface area contributed by atoms with Crippen LogP contribution in [-0.2, 0) is 10.2 Å². The number of hydrogen-bond donors (Lipinski definition) is 2. The molecule has 26 heavy (non-hydrogen) atoms. The molecule has 1 aliphatic carbocycles. The van der Waals surface area contributed by atoms with E-state index in [0.29, 0.717) is 6.54 Å². The third kappa shape index (κ3) is 7.00. The first kappa shape index (κ1) is 23.1. The fourth-order valence-electron chi connectivity index (χ4n) is 3.01. The molecule has 0 bridgehead atoms. The van der Waals surface area contributed by atoms with Crippen LogP contribution >= 0.6 is 24.0 Å². The Kier molecular flexibility index (Phi) is 10.4. The summed E-state index contributed by atoms with van der Waals surface area (Å²) in [6.45, 7) is 4.26. The van der Waals surface area contributed by atoms with Gasteiger partial charge in [0.25, 0.3) is 0 Å². The van der Waals surface area contributed by atoms with E-state index in [1.165, 1.54) is 0 Å². The summed E-state index contributed by atoms with van der Waals surface area (Å²) >= 11 is 0. The fraction of sp³-hybridized carbons (Fsp3) is 0.632. The Morgan fingerprint density at radius 2 is 2.00 bits per heavy atom. The second-order valence-electron chi connectivity index (χ2n) is 6.76. The van der Waals surface area contributed by atoms with Crippen LogP contribution in [0.2, 0.25) is 0 Å². The minimum Gasteiger partial charge on any atom is -0.385 e. The number of benzene rings is 1. The first-order valence-corrected chi connectivity index (χ1v) is 8.98. The van der Waals surface area contributed by atoms with Gasteiger partial charge in [0.2, 0.25) is 0 Å². The first-order chi connectivity index (χ1) is 12.1. The summed E-state index contributed by atoms with van der Waals surface area (Å²) in [5.41, 5.74) is 0.732. The van der Waals surface area contributed by atoms with Crippen LogP contribution in [0.25, 0.3) is 0 Å². The quantitative estimate of drug-likeness (QED) is 0.235. The molecule has 0 radical (unpaired) electrons. The van der Waals surface area contributed by atoms with Crippen molar-refractivity contribution in [2.75, 3.05) is 54.0 Å². The molecule has 0 aliphatic heterocycles. The number of likely N-dealkylation sites (N-methyl/N-ethyl adjacent to an activating group) is 1. The molecule has 0 atom stereocenters. The number of rotatable bonds is 10. The molecular weight excluding hydrogens is 446 g/mol. The van der Waals surface area contributed by atoms with Gasteiger partial charge in [0.05, 0.1) is 0 Å². The van der Waals surface area contributed by atoms with Gasteiger partial charge in [-0.2, -0.15) is 0 Å². The Morgan fingerprint density at radius 1 is 1.27 bits per heavy atom. The highest BCUT2D eigenvalue weighted by Crippen LogP contribution is 2.48. The Bertz CT molecular complexity index is 566. The molecule has 0 aromatic heterocycles. The van der Waals surface area contributed by atoms with Crippen molar-refractivity contribution in [3.8, 4) is 0 Å². The summed E-state index contributed by atoms with van der Waals surface area (Å²) in [4.78, 5) is 6.53. The van der Waals surface area contributed by atoms with Crippen LogP contribution < -0.4 is 10.6 Å². The normalized spacial score (nSPS) is 15.5. The van der Waals surface area contributed by atoms with E-state index >= 15 is 0 Å². The number of nitrogens with zero attached hydrogens (tertiary/aromatic N) is 2. The number of aliphatic imine (C=N–C) groups is 1. The average Bonchev–Trinajstić information content (AvgIpc) is 3.39. The third-order valence-electron chi connectivity index (χ3n) is 4.79. The maximum absolute atomic E-state index is 14.1. The van der Waals surface area contributed by atoms with Crippen LogP contribution in [0.3, 0.4) is 0 Å². The van der Waals surface area contributed by atoms with Gasteiger partial charge >= 0.3 is 0 Å². The van der Waals surface area contributed by atoms with Crippen molar-refractivity contribution in [2.45, 2.75) is 24.7 Å². The van der Waals surface area contributed by atoms with E-state index in [0.717, 1.165) is 57.0 Å². The van der Waals surface area contributed by atoms with Gasteiger partial charge in [-0.05, 0) is 37.9 Å². The molecule has 7 heteroatoms. The number of ether oxygens (including phenoxy) is 1. The van der Waals surface area contributed by atoms with Crippen LogP contribution in [-0.4, -0.2) is 64.9 Å². The Morgan fingerprint density at radius 3 is 2.62 bits per heavy atom. The molecule has 2 N–H and O–H groups in total. The van der Waals surface area contributed by atoms with Gasteiger partial charge in [-0.25, -0.2) is 4.39 Å². The van der Waals surface area contributed by atoms with E-state index in [1.54, 1.807) is 26.3 Å². The molecule has 2 rings (SSSR count). The summed E-state index contributed by atoms with van der Waals surface area (Å²) in [6, 6.07) is 7.09. The Balaban J connectivity index is 0.00000338. The van der Waals surface area contributed by atoms with Gasteiger partial charge in [-0.3, -0.25) is 4.99 Å². The lowest BCUT2D eigenvalue weighted by Gasteiger charge is -2.21. The SMILES string of the molecule is CN=C(NCCN(C)CCCOC)NCC1(c2ccccc2F)CC1.I. The van der Waals surface area contributed by atoms with Gasteiger partial charge in [0, 0.05) is 52.4 Å². The molecule has 1 saturated carbocycles. The van der Waals surface area contributed by atoms with Crippen molar-refractivity contribution >= 4 is 29.9 Å². The van der Waals surface area contributed by atoms with Crippen molar-refractivity contribution in [1.82, 2.24) is 15.5 Å². The summed E-state index contributed by atoms with van der Waals surface area (Å²) in [5.74, 6) is 0.662. The number of methoxy groups -OCH3 is 1. The summed E-state index contributed by atoms with van der Waals surface area (Å²) in [6.07, 6.45) is 3.06. The second kappa shape index (κ2) is 11.7. The zero-order valence-electron chi connectivity index (χ0n) is 16.1. The van der Waals surface area contributed by atoms with Crippen molar-refractivity contribution in [2.24, 2.45) is 4.99 Å². The Labute approximate surface area is 173 Å². The highest BCUT2D eigenvalue weighted by atomic mass is 127. The number of guanidine groups is 1. The molecule has 1 aliphatic rings. The van der Waals surface area contributed by atoms with Crippen LogP contribution in [0.15, 0.2) is 29.3 Å². The van der Waals surface area contributed by atoms with Crippen LogP contribution in [0.5, 0.6) is 0 Å². The largest absolute Gasteiger partial charge is 0.385 e. The zero-order chi connectivity index (χ0) is 18.1. The lowest BCUT2D eigenvalue weighted by atomic mass is 9.95. The Hall–Kier alpha value is -0.930. The molecule has 0 heterocycles. The molecule has 1 fully saturated rings. The second-order valence-corrected chi connectivity index (χ2v) is 6.76. The molecule has 0 saturated heterocycles. The number of nitrogens with one attached hydrogen (secondary N) is 2. The van der Waals surface area contributed by atoms with E-state index in [9.17, 15) is 4.39 Å². The highest BCUT2D eigenvalue weighted by Gasteiger charge is 2.45. The van der Waals surface area contributed by atoms with E-state index in [1.807, 2.05) is 12.1 Å².